The number of aryl methyl sites for hydroxylation is 1. The van der Waals surface area contributed by atoms with Crippen molar-refractivity contribution in [2.24, 2.45) is 5.73 Å². The maximum absolute atomic E-state index is 12.4. The topological polar surface area (TPSA) is 85.8 Å². The second kappa shape index (κ2) is 6.13. The van der Waals surface area contributed by atoms with Crippen LogP contribution in [0.4, 0.5) is 0 Å². The Morgan fingerprint density at radius 1 is 1.14 bits per heavy atom. The number of fused-ring (bicyclic) bond motifs is 1. The SMILES string of the molecule is NC1(C(=O)NCc2nnc3n2CCCCC3)CCCCC1. The first-order chi connectivity index (χ1) is 10.2. The van der Waals surface area contributed by atoms with Crippen molar-refractivity contribution in [3.63, 3.8) is 0 Å². The number of hydrogen-bond donors (Lipinski definition) is 2. The fourth-order valence-corrected chi connectivity index (χ4v) is 3.42. The Morgan fingerprint density at radius 2 is 1.90 bits per heavy atom. The molecule has 1 aromatic rings. The van der Waals surface area contributed by atoms with Crippen LogP contribution >= 0.6 is 0 Å². The van der Waals surface area contributed by atoms with Gasteiger partial charge in [-0.3, -0.25) is 4.79 Å². The molecule has 6 heteroatoms. The van der Waals surface area contributed by atoms with E-state index in [0.29, 0.717) is 6.54 Å². The van der Waals surface area contributed by atoms with Crippen LogP contribution in [0.1, 0.15) is 63.0 Å². The van der Waals surface area contributed by atoms with E-state index in [1.54, 1.807) is 0 Å². The van der Waals surface area contributed by atoms with Crippen molar-refractivity contribution in [3.8, 4) is 0 Å². The molecular weight excluding hydrogens is 266 g/mol. The van der Waals surface area contributed by atoms with E-state index < -0.39 is 5.54 Å². The predicted molar refractivity (Wildman–Crippen MR) is 79.4 cm³/mol. The van der Waals surface area contributed by atoms with Crippen molar-refractivity contribution in [2.45, 2.75) is 76.4 Å². The molecule has 0 atom stereocenters. The summed E-state index contributed by atoms with van der Waals surface area (Å²) in [5.74, 6) is 1.88. The van der Waals surface area contributed by atoms with E-state index in [-0.39, 0.29) is 5.91 Å². The van der Waals surface area contributed by atoms with Gasteiger partial charge in [0.25, 0.3) is 0 Å². The van der Waals surface area contributed by atoms with Gasteiger partial charge in [0.05, 0.1) is 12.1 Å². The van der Waals surface area contributed by atoms with Gasteiger partial charge < -0.3 is 15.6 Å². The molecule has 2 aliphatic rings. The highest BCUT2D eigenvalue weighted by Crippen LogP contribution is 2.26. The summed E-state index contributed by atoms with van der Waals surface area (Å²) in [6.07, 6.45) is 9.41. The predicted octanol–water partition coefficient (Wildman–Crippen LogP) is 1.28. The molecule has 1 aromatic heterocycles. The van der Waals surface area contributed by atoms with Crippen LogP contribution in [0.3, 0.4) is 0 Å². The van der Waals surface area contributed by atoms with Gasteiger partial charge in [-0.1, -0.05) is 25.7 Å². The molecular formula is C15H25N5O. The standard InChI is InChI=1S/C15H25N5O/c16-15(8-4-2-5-9-15)14(21)17-11-13-19-18-12-7-3-1-6-10-20(12)13/h1-11,16H2,(H,17,21). The van der Waals surface area contributed by atoms with Crippen molar-refractivity contribution < 1.29 is 4.79 Å². The molecule has 116 valence electrons. The Morgan fingerprint density at radius 3 is 2.71 bits per heavy atom. The molecule has 1 fully saturated rings. The van der Waals surface area contributed by atoms with Crippen LogP contribution in [0.2, 0.25) is 0 Å². The van der Waals surface area contributed by atoms with Gasteiger partial charge in [-0.2, -0.15) is 0 Å². The quantitative estimate of drug-likeness (QED) is 0.878. The molecule has 21 heavy (non-hydrogen) atoms. The summed E-state index contributed by atoms with van der Waals surface area (Å²) >= 11 is 0. The molecule has 0 unspecified atom stereocenters. The summed E-state index contributed by atoms with van der Waals surface area (Å²) in [7, 11) is 0. The summed E-state index contributed by atoms with van der Waals surface area (Å²) in [5, 5.41) is 11.5. The summed E-state index contributed by atoms with van der Waals surface area (Å²) < 4.78 is 2.16. The average Bonchev–Trinajstić information content (AvgIpc) is 2.72. The molecule has 1 aliphatic heterocycles. The molecule has 6 nitrogen and oxygen atoms in total. The number of nitrogens with one attached hydrogen (secondary N) is 1. The van der Waals surface area contributed by atoms with Gasteiger partial charge in [-0.25, -0.2) is 0 Å². The minimum Gasteiger partial charge on any atom is -0.347 e. The zero-order chi connectivity index (χ0) is 14.7. The van der Waals surface area contributed by atoms with Crippen molar-refractivity contribution >= 4 is 5.91 Å². The molecule has 0 radical (unpaired) electrons. The first-order valence-corrected chi connectivity index (χ1v) is 8.17. The van der Waals surface area contributed by atoms with Gasteiger partial charge >= 0.3 is 0 Å². The number of amides is 1. The highest BCUT2D eigenvalue weighted by Gasteiger charge is 2.35. The number of nitrogens with zero attached hydrogens (tertiary/aromatic N) is 3. The normalized spacial score (nSPS) is 21.4. The number of hydrogen-bond acceptors (Lipinski definition) is 4. The number of carbonyl (C=O) groups excluding carboxylic acids is 1. The van der Waals surface area contributed by atoms with Crippen LogP contribution in [-0.4, -0.2) is 26.2 Å². The van der Waals surface area contributed by atoms with E-state index in [9.17, 15) is 4.79 Å². The van der Waals surface area contributed by atoms with E-state index in [1.165, 1.54) is 19.3 Å². The smallest absolute Gasteiger partial charge is 0.240 e. The lowest BCUT2D eigenvalue weighted by atomic mass is 9.82. The fourth-order valence-electron chi connectivity index (χ4n) is 3.42. The maximum Gasteiger partial charge on any atom is 0.240 e. The Balaban J connectivity index is 1.62. The lowest BCUT2D eigenvalue weighted by molar-refractivity contribution is -0.127. The average molecular weight is 291 g/mol. The van der Waals surface area contributed by atoms with Gasteiger partial charge in [0.15, 0.2) is 5.82 Å². The maximum atomic E-state index is 12.4. The third-order valence-electron chi connectivity index (χ3n) is 4.79. The third kappa shape index (κ3) is 3.10. The number of nitrogens with two attached hydrogens (primary N) is 1. The minimum atomic E-state index is -0.681. The third-order valence-corrected chi connectivity index (χ3v) is 4.79. The highest BCUT2D eigenvalue weighted by molar-refractivity contribution is 5.86. The monoisotopic (exact) mass is 291 g/mol. The van der Waals surface area contributed by atoms with Gasteiger partial charge in [-0.05, 0) is 25.7 Å². The summed E-state index contributed by atoms with van der Waals surface area (Å²) in [5.41, 5.74) is 5.57. The van der Waals surface area contributed by atoms with E-state index >= 15 is 0 Å². The molecule has 0 spiro atoms. The van der Waals surface area contributed by atoms with Crippen molar-refractivity contribution in [1.82, 2.24) is 20.1 Å². The lowest BCUT2D eigenvalue weighted by Crippen LogP contribution is -2.54. The van der Waals surface area contributed by atoms with Crippen LogP contribution < -0.4 is 11.1 Å². The molecule has 0 saturated heterocycles. The summed E-state index contributed by atoms with van der Waals surface area (Å²) in [4.78, 5) is 12.4. The second-order valence-electron chi connectivity index (χ2n) is 6.39. The van der Waals surface area contributed by atoms with Crippen molar-refractivity contribution in [2.75, 3.05) is 0 Å². The molecule has 2 heterocycles. The summed E-state index contributed by atoms with van der Waals surface area (Å²) in [6, 6.07) is 0. The van der Waals surface area contributed by atoms with Crippen molar-refractivity contribution in [3.05, 3.63) is 11.6 Å². The molecule has 3 N–H and O–H groups in total. The minimum absolute atomic E-state index is 0.0341. The Hall–Kier alpha value is -1.43. The Kier molecular flexibility index (Phi) is 4.24. The molecule has 0 bridgehead atoms. The van der Waals surface area contributed by atoms with Crippen LogP contribution in [0, 0.1) is 0 Å². The fraction of sp³-hybridized carbons (Fsp3) is 0.800. The van der Waals surface area contributed by atoms with Crippen LogP contribution in [0.5, 0.6) is 0 Å². The van der Waals surface area contributed by atoms with E-state index in [2.05, 4.69) is 20.1 Å². The Bertz CT molecular complexity index is 504. The first kappa shape index (κ1) is 14.5. The number of carbonyl (C=O) groups is 1. The van der Waals surface area contributed by atoms with Gasteiger partial charge in [0, 0.05) is 13.0 Å². The second-order valence-corrected chi connectivity index (χ2v) is 6.39. The largest absolute Gasteiger partial charge is 0.347 e. The van der Waals surface area contributed by atoms with Gasteiger partial charge in [0.2, 0.25) is 5.91 Å². The highest BCUT2D eigenvalue weighted by atomic mass is 16.2. The summed E-state index contributed by atoms with van der Waals surface area (Å²) in [6.45, 7) is 1.39. The van der Waals surface area contributed by atoms with E-state index in [1.807, 2.05) is 0 Å². The van der Waals surface area contributed by atoms with Crippen molar-refractivity contribution in [1.29, 1.82) is 0 Å². The van der Waals surface area contributed by atoms with E-state index in [0.717, 1.165) is 56.7 Å². The van der Waals surface area contributed by atoms with Crippen LogP contribution in [-0.2, 0) is 24.3 Å². The Labute approximate surface area is 125 Å². The molecule has 3 rings (SSSR count). The van der Waals surface area contributed by atoms with E-state index in [4.69, 9.17) is 5.73 Å². The molecule has 1 aliphatic carbocycles. The number of rotatable bonds is 3. The van der Waals surface area contributed by atoms with Crippen LogP contribution in [0.25, 0.3) is 0 Å². The zero-order valence-electron chi connectivity index (χ0n) is 12.6. The molecule has 0 aromatic carbocycles. The molecule has 1 saturated carbocycles. The van der Waals surface area contributed by atoms with Gasteiger partial charge in [0.1, 0.15) is 5.82 Å². The van der Waals surface area contributed by atoms with Crippen LogP contribution in [0.15, 0.2) is 0 Å². The first-order valence-electron chi connectivity index (χ1n) is 8.17. The number of aromatic nitrogens is 3. The molecule has 1 amide bonds. The zero-order valence-corrected chi connectivity index (χ0v) is 12.6. The lowest BCUT2D eigenvalue weighted by Gasteiger charge is -2.31. The van der Waals surface area contributed by atoms with Gasteiger partial charge in [-0.15, -0.1) is 10.2 Å².